The molecule has 550 valence electrons. The lowest BCUT2D eigenvalue weighted by Crippen LogP contribution is -2.61. The van der Waals surface area contributed by atoms with Crippen LogP contribution in [0.25, 0.3) is 72.0 Å². The summed E-state index contributed by atoms with van der Waals surface area (Å²) in [5, 5.41) is 2.55. The molecule has 4 aliphatic rings. The van der Waals surface area contributed by atoms with Crippen molar-refractivity contribution in [2.75, 3.05) is 9.80 Å². The van der Waals surface area contributed by atoms with E-state index in [1.54, 1.807) is 0 Å². The van der Waals surface area contributed by atoms with E-state index in [-0.39, 0.29) is 60.9 Å². The molecule has 0 saturated carbocycles. The minimum atomic E-state index is -0.194. The molecule has 16 rings (SSSR count). The maximum absolute atomic E-state index is 2.65. The Labute approximate surface area is 648 Å². The third-order valence-electron chi connectivity index (χ3n) is 25.4. The van der Waals surface area contributed by atoms with Gasteiger partial charge >= 0.3 is 0 Å². The zero-order valence-corrected chi connectivity index (χ0v) is 70.0. The molecule has 1 aromatic heterocycles. The van der Waals surface area contributed by atoms with Crippen LogP contribution in [0.3, 0.4) is 0 Å². The molecule has 0 bridgehead atoms. The highest BCUT2D eigenvalue weighted by atomic mass is 15.2. The predicted molar refractivity (Wildman–Crippen MR) is 470 cm³/mol. The van der Waals surface area contributed by atoms with Crippen LogP contribution in [-0.2, 0) is 54.1 Å². The largest absolute Gasteiger partial charge is 0.311 e. The Balaban J connectivity index is 1.02. The second-order valence-corrected chi connectivity index (χ2v) is 41.9. The van der Waals surface area contributed by atoms with Crippen molar-refractivity contribution in [1.29, 1.82) is 0 Å². The highest BCUT2D eigenvalue weighted by molar-refractivity contribution is 7.00. The topological polar surface area (TPSA) is 11.4 Å². The molecule has 3 nitrogen and oxygen atoms in total. The van der Waals surface area contributed by atoms with E-state index in [4.69, 9.17) is 0 Å². The minimum absolute atomic E-state index is 0.0570. The number of anilines is 6. The lowest BCUT2D eigenvalue weighted by atomic mass is 9.33. The number of fused-ring (bicyclic) bond motifs is 9. The molecule has 0 spiro atoms. The Kier molecular flexibility index (Phi) is 16.4. The Morgan fingerprint density at radius 2 is 0.556 bits per heavy atom. The summed E-state index contributed by atoms with van der Waals surface area (Å²) in [6, 6.07) is 83.6. The molecule has 0 fully saturated rings. The molecule has 4 heteroatoms. The standard InChI is InChI=1S/C104H116BN3/c1-95(2,3)71-35-45-88-80(57-71)81-58-72(96(4,5)6)36-46-89(81)108(88)79-59-92-94-93(60-79)107(78-39-29-64(30-40-78)66-32-42-83-85(52-66)104(25,26)62-102(83,21)22)91-44-34-68(70-49-75(99(13,14)15)56-76(50-70)100(16,17)18)54-87(91)105(94)86-53-67(69-47-73(97(7,8)9)55-74(48-69)98(10,11)12)33-43-90(86)106(92)77-37-27-63(28-38-77)65-31-41-82-84(51-65)103(23,24)61-101(82,19)20/h27-60H,61-62H2,1-26H3. The first kappa shape index (κ1) is 73.1. The van der Waals surface area contributed by atoms with Gasteiger partial charge in [0.2, 0.25) is 0 Å². The maximum atomic E-state index is 2.65. The van der Waals surface area contributed by atoms with E-state index in [1.165, 1.54) is 161 Å². The summed E-state index contributed by atoms with van der Waals surface area (Å²) < 4.78 is 2.60. The SMILES string of the molecule is CC(C)(C)c1cc(-c2ccc3c(c2)B2c4cc(-c5cc(C(C)(C)C)cc(C(C)(C)C)c5)ccc4N(c4ccc(-c5ccc6c(c5)C(C)(C)CC6(C)C)cc4)c4cc(-n5c6ccc(C(C)(C)C)cc6c6cc(C(C)(C)C)ccc65)cc(c42)N3c2ccc(-c3ccc4c(c3)C(C)(C)CC4(C)C)cc2)cc(C(C)(C)C)c1. The molecule has 0 radical (unpaired) electrons. The van der Waals surface area contributed by atoms with E-state index in [2.05, 4.69) is 401 Å². The first-order valence-electron chi connectivity index (χ1n) is 40.2. The average molecular weight is 1420 g/mol. The van der Waals surface area contributed by atoms with Crippen molar-refractivity contribution >= 4 is 79.0 Å². The van der Waals surface area contributed by atoms with Crippen LogP contribution in [-0.4, -0.2) is 11.3 Å². The van der Waals surface area contributed by atoms with Crippen molar-refractivity contribution in [3.63, 3.8) is 0 Å². The van der Waals surface area contributed by atoms with Gasteiger partial charge in [-0.15, -0.1) is 0 Å². The summed E-state index contributed by atoms with van der Waals surface area (Å²) in [4.78, 5) is 5.31. The molecular formula is C104H116BN3. The lowest BCUT2D eigenvalue weighted by molar-refractivity contribution is 0.402. The quantitative estimate of drug-likeness (QED) is 0.147. The maximum Gasteiger partial charge on any atom is 0.252 e. The number of nitrogens with zero attached hydrogens (tertiary/aromatic N) is 3. The van der Waals surface area contributed by atoms with E-state index in [0.29, 0.717) is 0 Å². The second-order valence-electron chi connectivity index (χ2n) is 41.9. The van der Waals surface area contributed by atoms with E-state index in [1.807, 2.05) is 0 Å². The summed E-state index contributed by atoms with van der Waals surface area (Å²) >= 11 is 0. The van der Waals surface area contributed by atoms with Crippen molar-refractivity contribution in [1.82, 2.24) is 4.57 Å². The van der Waals surface area contributed by atoms with Gasteiger partial charge in [0.25, 0.3) is 6.71 Å². The Hall–Kier alpha value is -9.12. The monoisotopic (exact) mass is 1420 g/mol. The van der Waals surface area contributed by atoms with Crippen LogP contribution in [0.5, 0.6) is 0 Å². The first-order chi connectivity index (χ1) is 50.2. The molecule has 0 amide bonds. The van der Waals surface area contributed by atoms with Gasteiger partial charge in [-0.3, -0.25) is 0 Å². The fourth-order valence-electron chi connectivity index (χ4n) is 19.5. The van der Waals surface area contributed by atoms with Crippen LogP contribution in [0.2, 0.25) is 0 Å². The fraction of sp³-hybridized carbons (Fsp3) is 0.365. The molecule has 0 N–H and O–H groups in total. The normalized spacial score (nSPS) is 16.4. The van der Waals surface area contributed by atoms with Crippen molar-refractivity contribution in [2.45, 2.75) is 247 Å². The highest BCUT2D eigenvalue weighted by Gasteiger charge is 2.47. The molecule has 2 aliphatic heterocycles. The molecule has 0 saturated heterocycles. The van der Waals surface area contributed by atoms with Crippen molar-refractivity contribution in [3.05, 3.63) is 262 Å². The molecule has 108 heavy (non-hydrogen) atoms. The summed E-state index contributed by atoms with van der Waals surface area (Å²) in [5.74, 6) is 0. The predicted octanol–water partition coefficient (Wildman–Crippen LogP) is 27.2. The Bertz CT molecular complexity index is 5270. The van der Waals surface area contributed by atoms with Crippen LogP contribution < -0.4 is 26.2 Å². The van der Waals surface area contributed by atoms with Gasteiger partial charge in [-0.1, -0.05) is 313 Å². The number of benzene rings is 11. The summed E-state index contributed by atoms with van der Waals surface area (Å²) in [6.07, 6.45) is 2.26. The van der Waals surface area contributed by atoms with Crippen LogP contribution >= 0.6 is 0 Å². The van der Waals surface area contributed by atoms with Crippen LogP contribution in [0.1, 0.15) is 248 Å². The molecule has 0 atom stereocenters. The Morgan fingerprint density at radius 1 is 0.250 bits per heavy atom. The van der Waals surface area contributed by atoms with Crippen LogP contribution in [0.15, 0.2) is 206 Å². The van der Waals surface area contributed by atoms with Gasteiger partial charge in [0, 0.05) is 44.9 Å². The molecule has 0 unspecified atom stereocenters. The smallest absolute Gasteiger partial charge is 0.252 e. The van der Waals surface area contributed by atoms with Gasteiger partial charge in [-0.2, -0.15) is 0 Å². The third kappa shape index (κ3) is 12.3. The molecule has 12 aromatic rings. The molecule has 3 heterocycles. The van der Waals surface area contributed by atoms with Crippen molar-refractivity contribution < 1.29 is 0 Å². The summed E-state index contributed by atoms with van der Waals surface area (Å²) in [7, 11) is 0. The summed E-state index contributed by atoms with van der Waals surface area (Å²) in [5.41, 5.74) is 38.2. The van der Waals surface area contributed by atoms with E-state index >= 15 is 0 Å². The second kappa shape index (κ2) is 24.2. The van der Waals surface area contributed by atoms with Crippen molar-refractivity contribution in [3.8, 4) is 50.2 Å². The van der Waals surface area contributed by atoms with Gasteiger partial charge in [0.1, 0.15) is 0 Å². The lowest BCUT2D eigenvalue weighted by Gasteiger charge is -2.45. The molecule has 11 aromatic carbocycles. The van der Waals surface area contributed by atoms with Gasteiger partial charge in [-0.25, -0.2) is 0 Å². The van der Waals surface area contributed by atoms with Gasteiger partial charge in [0.05, 0.1) is 16.7 Å². The zero-order chi connectivity index (χ0) is 77.2. The number of hydrogen-bond acceptors (Lipinski definition) is 2. The van der Waals surface area contributed by atoms with Gasteiger partial charge < -0.3 is 14.4 Å². The van der Waals surface area contributed by atoms with Crippen molar-refractivity contribution in [2.24, 2.45) is 0 Å². The number of rotatable bonds is 7. The van der Waals surface area contributed by atoms with Crippen LogP contribution in [0.4, 0.5) is 34.1 Å². The minimum Gasteiger partial charge on any atom is -0.311 e. The average Bonchev–Trinajstić information content (AvgIpc) is 0.716. The van der Waals surface area contributed by atoms with E-state index in [0.717, 1.165) is 29.9 Å². The highest BCUT2D eigenvalue weighted by Crippen LogP contribution is 2.54. The zero-order valence-electron chi connectivity index (χ0n) is 70.0. The third-order valence-corrected chi connectivity index (χ3v) is 25.4. The fourth-order valence-corrected chi connectivity index (χ4v) is 19.5. The van der Waals surface area contributed by atoms with E-state index < -0.39 is 0 Å². The number of aromatic nitrogens is 1. The summed E-state index contributed by atoms with van der Waals surface area (Å²) in [6.45, 7) is 61.7. The van der Waals surface area contributed by atoms with Gasteiger partial charge in [0.15, 0.2) is 0 Å². The number of hydrogen-bond donors (Lipinski definition) is 0. The first-order valence-corrected chi connectivity index (χ1v) is 40.2. The molecule has 2 aliphatic carbocycles. The molecular weight excluding hydrogens is 1300 g/mol. The van der Waals surface area contributed by atoms with E-state index in [9.17, 15) is 0 Å². The van der Waals surface area contributed by atoms with Crippen LogP contribution in [0, 0.1) is 0 Å². The van der Waals surface area contributed by atoms with Gasteiger partial charge in [-0.05, 0) is 256 Å². The Morgan fingerprint density at radius 3 is 0.889 bits per heavy atom.